The monoisotopic (exact) mass is 603 g/mol. The third-order valence-electron chi connectivity index (χ3n) is 7.94. The number of aryl methyl sites for hydroxylation is 1. The summed E-state index contributed by atoms with van der Waals surface area (Å²) in [5, 5.41) is 0. The Hall–Kier alpha value is -4.95. The molecule has 8 heteroatoms. The molecule has 1 unspecified atom stereocenters. The minimum absolute atomic E-state index is 0.212. The van der Waals surface area contributed by atoms with Gasteiger partial charge >= 0.3 is 5.97 Å². The summed E-state index contributed by atoms with van der Waals surface area (Å²) in [6.45, 7) is 7.87. The van der Waals surface area contributed by atoms with Crippen LogP contribution in [-0.2, 0) is 9.53 Å². The lowest BCUT2D eigenvalue weighted by Crippen LogP contribution is -2.40. The Kier molecular flexibility index (Phi) is 7.93. The lowest BCUT2D eigenvalue weighted by atomic mass is 9.95. The van der Waals surface area contributed by atoms with Gasteiger partial charge in [-0.15, -0.1) is 0 Å². The van der Waals surface area contributed by atoms with Gasteiger partial charge in [0.15, 0.2) is 4.80 Å². The topological polar surface area (TPSA) is 74.8 Å². The summed E-state index contributed by atoms with van der Waals surface area (Å²) in [5.74, 6) is 0.0752. The van der Waals surface area contributed by atoms with Crippen LogP contribution in [0.1, 0.15) is 42.4 Å². The second kappa shape index (κ2) is 12.0. The van der Waals surface area contributed by atoms with Gasteiger partial charge in [-0.25, -0.2) is 9.79 Å². The number of nitrogens with zero attached hydrogens (tertiary/aromatic N) is 3. The van der Waals surface area contributed by atoms with Crippen LogP contribution >= 0.6 is 11.3 Å². The summed E-state index contributed by atoms with van der Waals surface area (Å²) < 4.78 is 15.4. The molecule has 0 spiro atoms. The molecule has 2 aromatic heterocycles. The number of carbonyl (C=O) groups excluding carboxylic acids is 1. The van der Waals surface area contributed by atoms with Gasteiger partial charge in [0.1, 0.15) is 11.8 Å². The fourth-order valence-electron chi connectivity index (χ4n) is 5.88. The van der Waals surface area contributed by atoms with Gasteiger partial charge in [0, 0.05) is 22.6 Å². The molecule has 1 aliphatic rings. The first kappa shape index (κ1) is 29.1. The number of benzene rings is 3. The van der Waals surface area contributed by atoms with Crippen molar-refractivity contribution >= 4 is 23.4 Å². The molecule has 1 aliphatic heterocycles. The molecule has 0 radical (unpaired) electrons. The molecule has 0 bridgehead atoms. The number of rotatable bonds is 7. The summed E-state index contributed by atoms with van der Waals surface area (Å²) >= 11 is 1.31. The molecular formula is C36H33N3O4S. The number of hydrogen-bond donors (Lipinski definition) is 0. The largest absolute Gasteiger partial charge is 0.496 e. The van der Waals surface area contributed by atoms with E-state index in [4.69, 9.17) is 14.5 Å². The van der Waals surface area contributed by atoms with Crippen LogP contribution in [-0.4, -0.2) is 28.8 Å². The summed E-state index contributed by atoms with van der Waals surface area (Å²) in [7, 11) is 1.58. The van der Waals surface area contributed by atoms with Crippen molar-refractivity contribution < 1.29 is 14.3 Å². The maximum atomic E-state index is 14.1. The van der Waals surface area contributed by atoms with Crippen molar-refractivity contribution in [2.45, 2.75) is 33.7 Å². The summed E-state index contributed by atoms with van der Waals surface area (Å²) in [5.41, 5.74) is 7.70. The SMILES string of the molecule is CCOC(=O)C1=C(C)N=c2s/c(=C\c3cc(C)n(-c4ccc(-c5ccccc5)cc4)c3C)c(=O)n2C1c1ccccc1OC. The summed E-state index contributed by atoms with van der Waals surface area (Å²) in [6, 6.07) is 27.6. The van der Waals surface area contributed by atoms with E-state index in [0.29, 0.717) is 31.9 Å². The molecule has 222 valence electrons. The van der Waals surface area contributed by atoms with Crippen LogP contribution in [0.15, 0.2) is 106 Å². The number of allylic oxidation sites excluding steroid dienone is 1. The Morgan fingerprint density at radius 3 is 2.34 bits per heavy atom. The van der Waals surface area contributed by atoms with Crippen LogP contribution in [0.4, 0.5) is 0 Å². The molecule has 3 heterocycles. The van der Waals surface area contributed by atoms with E-state index < -0.39 is 12.0 Å². The van der Waals surface area contributed by atoms with E-state index >= 15 is 0 Å². The summed E-state index contributed by atoms with van der Waals surface area (Å²) in [6.07, 6.45) is 1.92. The molecule has 0 fully saturated rings. The molecule has 3 aromatic carbocycles. The van der Waals surface area contributed by atoms with Crippen molar-refractivity contribution in [1.29, 1.82) is 0 Å². The van der Waals surface area contributed by atoms with Crippen molar-refractivity contribution in [2.24, 2.45) is 4.99 Å². The lowest BCUT2D eigenvalue weighted by Gasteiger charge is -2.25. The fraction of sp³-hybridized carbons (Fsp3) is 0.194. The number of para-hydroxylation sites is 1. The number of carbonyl (C=O) groups is 1. The van der Waals surface area contributed by atoms with Gasteiger partial charge in [-0.3, -0.25) is 9.36 Å². The fourth-order valence-corrected chi connectivity index (χ4v) is 6.92. The van der Waals surface area contributed by atoms with E-state index in [0.717, 1.165) is 28.2 Å². The number of aromatic nitrogens is 2. The molecule has 0 aliphatic carbocycles. The second-order valence-corrected chi connectivity index (χ2v) is 11.6. The van der Waals surface area contributed by atoms with Gasteiger partial charge in [-0.2, -0.15) is 0 Å². The molecule has 0 saturated heterocycles. The highest BCUT2D eigenvalue weighted by Gasteiger charge is 2.35. The number of thiazole rings is 1. The van der Waals surface area contributed by atoms with Crippen LogP contribution in [0.25, 0.3) is 22.9 Å². The van der Waals surface area contributed by atoms with E-state index in [2.05, 4.69) is 60.9 Å². The van der Waals surface area contributed by atoms with Gasteiger partial charge in [0.2, 0.25) is 0 Å². The Morgan fingerprint density at radius 1 is 0.955 bits per heavy atom. The molecular weight excluding hydrogens is 570 g/mol. The molecule has 0 amide bonds. The zero-order valence-corrected chi connectivity index (χ0v) is 26.1. The average Bonchev–Trinajstić information content (AvgIpc) is 3.50. The standard InChI is InChI=1S/C36H33N3O4S/c1-6-43-35(41)32-23(3)37-36-39(33(32)29-14-10-11-15-30(29)42-5)34(40)31(44-36)21-27-20-22(2)38(24(27)4)28-18-16-26(17-19-28)25-12-8-7-9-13-25/h7-21,33H,6H2,1-5H3/b31-21-. The molecule has 6 rings (SSSR count). The molecule has 1 atom stereocenters. The minimum atomic E-state index is -0.737. The van der Waals surface area contributed by atoms with Gasteiger partial charge in [0.25, 0.3) is 5.56 Å². The number of ether oxygens (including phenoxy) is 2. The maximum Gasteiger partial charge on any atom is 0.338 e. The highest BCUT2D eigenvalue weighted by molar-refractivity contribution is 7.07. The van der Waals surface area contributed by atoms with Gasteiger partial charge in [-0.05, 0) is 74.7 Å². The lowest BCUT2D eigenvalue weighted by molar-refractivity contribution is -0.139. The third-order valence-corrected chi connectivity index (χ3v) is 8.92. The zero-order chi connectivity index (χ0) is 31.0. The van der Waals surface area contributed by atoms with Gasteiger partial charge in [-0.1, -0.05) is 72.0 Å². The zero-order valence-electron chi connectivity index (χ0n) is 25.3. The molecule has 44 heavy (non-hydrogen) atoms. The number of fused-ring (bicyclic) bond motifs is 1. The Bertz CT molecular complexity index is 2080. The predicted molar refractivity (Wildman–Crippen MR) is 174 cm³/mol. The second-order valence-electron chi connectivity index (χ2n) is 10.6. The highest BCUT2D eigenvalue weighted by atomic mass is 32.1. The third kappa shape index (κ3) is 5.11. The van der Waals surface area contributed by atoms with E-state index in [1.165, 1.54) is 16.9 Å². The maximum absolute atomic E-state index is 14.1. The first-order valence-electron chi connectivity index (χ1n) is 14.5. The number of esters is 1. The van der Waals surface area contributed by atoms with E-state index in [1.54, 1.807) is 25.5 Å². The normalized spacial score (nSPS) is 14.8. The van der Waals surface area contributed by atoms with Gasteiger partial charge < -0.3 is 14.0 Å². The first-order valence-corrected chi connectivity index (χ1v) is 15.3. The quantitative estimate of drug-likeness (QED) is 0.218. The minimum Gasteiger partial charge on any atom is -0.496 e. The number of methoxy groups -OCH3 is 1. The van der Waals surface area contributed by atoms with Crippen LogP contribution in [0, 0.1) is 13.8 Å². The van der Waals surface area contributed by atoms with Crippen molar-refractivity contribution in [2.75, 3.05) is 13.7 Å². The predicted octanol–water partition coefficient (Wildman–Crippen LogP) is 5.88. The smallest absolute Gasteiger partial charge is 0.338 e. The Balaban J connectivity index is 1.46. The van der Waals surface area contributed by atoms with Crippen molar-refractivity contribution in [3.05, 3.63) is 138 Å². The van der Waals surface area contributed by atoms with Crippen LogP contribution in [0.2, 0.25) is 0 Å². The Morgan fingerprint density at radius 2 is 1.64 bits per heavy atom. The summed E-state index contributed by atoms with van der Waals surface area (Å²) in [4.78, 5) is 32.6. The van der Waals surface area contributed by atoms with E-state index in [9.17, 15) is 9.59 Å². The van der Waals surface area contributed by atoms with Crippen LogP contribution in [0.5, 0.6) is 5.75 Å². The molecule has 7 nitrogen and oxygen atoms in total. The first-order chi connectivity index (χ1) is 21.3. The Labute approximate surface area is 259 Å². The van der Waals surface area contributed by atoms with E-state index in [1.807, 2.05) is 48.5 Å². The molecule has 0 N–H and O–H groups in total. The van der Waals surface area contributed by atoms with Crippen molar-refractivity contribution in [3.8, 4) is 22.6 Å². The highest BCUT2D eigenvalue weighted by Crippen LogP contribution is 2.35. The molecule has 0 saturated carbocycles. The van der Waals surface area contributed by atoms with Crippen molar-refractivity contribution in [1.82, 2.24) is 9.13 Å². The van der Waals surface area contributed by atoms with E-state index in [-0.39, 0.29) is 12.2 Å². The van der Waals surface area contributed by atoms with Crippen molar-refractivity contribution in [3.63, 3.8) is 0 Å². The average molecular weight is 604 g/mol. The molecule has 5 aromatic rings. The van der Waals surface area contributed by atoms with Crippen LogP contribution < -0.4 is 19.6 Å². The van der Waals surface area contributed by atoms with Crippen LogP contribution in [0.3, 0.4) is 0 Å². The number of hydrogen-bond acceptors (Lipinski definition) is 6. The van der Waals surface area contributed by atoms with Gasteiger partial charge in [0.05, 0.1) is 29.5 Å².